The molecule has 0 radical (unpaired) electrons. The first kappa shape index (κ1) is 17.5. The highest BCUT2D eigenvalue weighted by Gasteiger charge is 2.05. The second-order valence-electron chi connectivity index (χ2n) is 4.57. The van der Waals surface area contributed by atoms with E-state index >= 15 is 0 Å². The number of aromatic nitrogens is 3. The quantitative estimate of drug-likeness (QED) is 0.559. The minimum absolute atomic E-state index is 0.0596. The zero-order valence-electron chi connectivity index (χ0n) is 13.0. The molecule has 0 saturated heterocycles. The maximum absolute atomic E-state index is 11.7. The van der Waals surface area contributed by atoms with Gasteiger partial charge >= 0.3 is 12.0 Å². The van der Waals surface area contributed by atoms with E-state index in [2.05, 4.69) is 30.9 Å². The number of anilines is 3. The summed E-state index contributed by atoms with van der Waals surface area (Å²) in [4.78, 5) is 23.5. The predicted octanol–water partition coefficient (Wildman–Crippen LogP) is 1.74. The van der Waals surface area contributed by atoms with Crippen LogP contribution in [0.4, 0.5) is 22.4 Å². The van der Waals surface area contributed by atoms with E-state index in [9.17, 15) is 4.79 Å². The molecular formula is C14H18ClN7O2. The van der Waals surface area contributed by atoms with Crippen molar-refractivity contribution in [3.8, 4) is 6.01 Å². The van der Waals surface area contributed by atoms with Gasteiger partial charge in [0, 0.05) is 17.3 Å². The number of amides is 2. The highest BCUT2D eigenvalue weighted by atomic mass is 35.5. The van der Waals surface area contributed by atoms with E-state index in [-0.39, 0.29) is 31.1 Å². The average molecular weight is 352 g/mol. The van der Waals surface area contributed by atoms with E-state index < -0.39 is 0 Å². The Morgan fingerprint density at radius 3 is 2.71 bits per heavy atom. The van der Waals surface area contributed by atoms with Gasteiger partial charge in [0.2, 0.25) is 11.9 Å². The Labute approximate surface area is 144 Å². The summed E-state index contributed by atoms with van der Waals surface area (Å²) in [6.45, 7) is 3.00. The molecule has 2 rings (SSSR count). The molecule has 1 heterocycles. The van der Waals surface area contributed by atoms with Gasteiger partial charge in [-0.25, -0.2) is 4.79 Å². The van der Waals surface area contributed by atoms with Crippen LogP contribution in [-0.4, -0.2) is 40.7 Å². The molecule has 0 bridgehead atoms. The molecule has 2 amide bonds. The minimum Gasteiger partial charge on any atom is -0.461 e. The lowest BCUT2D eigenvalue weighted by Crippen LogP contribution is -2.32. The summed E-state index contributed by atoms with van der Waals surface area (Å²) in [7, 11) is 0. The molecule has 0 saturated carbocycles. The van der Waals surface area contributed by atoms with Gasteiger partial charge in [-0.05, 0) is 31.2 Å². The Hall–Kier alpha value is -2.81. The van der Waals surface area contributed by atoms with Gasteiger partial charge in [0.1, 0.15) is 6.61 Å². The van der Waals surface area contributed by atoms with Crippen molar-refractivity contribution >= 4 is 35.2 Å². The van der Waals surface area contributed by atoms with Crippen molar-refractivity contribution in [2.45, 2.75) is 6.92 Å². The first-order valence-electron chi connectivity index (χ1n) is 7.25. The third-order valence-electron chi connectivity index (χ3n) is 2.69. The Morgan fingerprint density at radius 1 is 1.25 bits per heavy atom. The van der Waals surface area contributed by atoms with Crippen LogP contribution >= 0.6 is 11.6 Å². The van der Waals surface area contributed by atoms with Gasteiger partial charge < -0.3 is 26.4 Å². The van der Waals surface area contributed by atoms with Gasteiger partial charge in [-0.15, -0.1) is 0 Å². The Morgan fingerprint density at radius 2 is 2.00 bits per heavy atom. The lowest BCUT2D eigenvalue weighted by Gasteiger charge is -2.09. The van der Waals surface area contributed by atoms with Crippen LogP contribution in [-0.2, 0) is 0 Å². The number of ether oxygens (including phenoxy) is 1. The largest absolute Gasteiger partial charge is 0.461 e. The normalized spacial score (nSPS) is 10.1. The molecule has 5 N–H and O–H groups in total. The van der Waals surface area contributed by atoms with Crippen LogP contribution in [0.3, 0.4) is 0 Å². The van der Waals surface area contributed by atoms with Crippen LogP contribution < -0.4 is 26.4 Å². The fourth-order valence-electron chi connectivity index (χ4n) is 1.69. The first-order valence-corrected chi connectivity index (χ1v) is 7.63. The molecule has 0 aliphatic heterocycles. The first-order chi connectivity index (χ1) is 11.6. The van der Waals surface area contributed by atoms with Gasteiger partial charge in [0.25, 0.3) is 0 Å². The van der Waals surface area contributed by atoms with Gasteiger partial charge in [0.05, 0.1) is 6.54 Å². The molecule has 0 fully saturated rings. The van der Waals surface area contributed by atoms with Crippen molar-refractivity contribution < 1.29 is 9.53 Å². The third kappa shape index (κ3) is 5.76. The molecule has 24 heavy (non-hydrogen) atoms. The van der Waals surface area contributed by atoms with Crippen LogP contribution in [0.2, 0.25) is 5.02 Å². The number of nitrogen functional groups attached to an aromatic ring is 1. The van der Waals surface area contributed by atoms with Crippen LogP contribution in [0.1, 0.15) is 6.92 Å². The summed E-state index contributed by atoms with van der Waals surface area (Å²) in [5, 5.41) is 8.83. The number of nitrogens with one attached hydrogen (secondary N) is 3. The average Bonchev–Trinajstić information content (AvgIpc) is 2.54. The van der Waals surface area contributed by atoms with Crippen molar-refractivity contribution in [3.05, 3.63) is 29.3 Å². The summed E-state index contributed by atoms with van der Waals surface area (Å²) in [6, 6.07) is 6.52. The number of urea groups is 1. The van der Waals surface area contributed by atoms with E-state index in [0.717, 1.165) is 0 Å². The molecule has 0 aliphatic rings. The van der Waals surface area contributed by atoms with E-state index in [1.165, 1.54) is 0 Å². The summed E-state index contributed by atoms with van der Waals surface area (Å²) in [6.07, 6.45) is 0. The number of hydrogen-bond donors (Lipinski definition) is 4. The standard InChI is InChI=1S/C14H18ClN7O2/c1-2-17-12-20-11(16)21-14(22-12)24-8-7-18-13(23)19-10-5-3-9(15)4-6-10/h3-6H,2,7-8H2,1H3,(H2,18,19,23)(H3,16,17,20,21,22). The van der Waals surface area contributed by atoms with E-state index in [1.807, 2.05) is 6.92 Å². The van der Waals surface area contributed by atoms with Crippen LogP contribution in [0.5, 0.6) is 6.01 Å². The summed E-state index contributed by atoms with van der Waals surface area (Å²) in [5.41, 5.74) is 6.20. The highest BCUT2D eigenvalue weighted by Crippen LogP contribution is 2.13. The molecule has 1 aromatic heterocycles. The van der Waals surface area contributed by atoms with Crippen LogP contribution in [0, 0.1) is 0 Å². The van der Waals surface area contributed by atoms with Crippen molar-refractivity contribution in [2.24, 2.45) is 0 Å². The second kappa shape index (κ2) is 8.73. The SMILES string of the molecule is CCNc1nc(N)nc(OCCNC(=O)Nc2ccc(Cl)cc2)n1. The van der Waals surface area contributed by atoms with Crippen LogP contribution in [0.25, 0.3) is 0 Å². The number of benzene rings is 1. The summed E-state index contributed by atoms with van der Waals surface area (Å²) >= 11 is 5.78. The number of carbonyl (C=O) groups is 1. The van der Waals surface area contributed by atoms with E-state index in [1.54, 1.807) is 24.3 Å². The predicted molar refractivity (Wildman–Crippen MR) is 92.4 cm³/mol. The van der Waals surface area contributed by atoms with Gasteiger partial charge in [-0.1, -0.05) is 11.6 Å². The molecule has 0 spiro atoms. The van der Waals surface area contributed by atoms with Crippen LogP contribution in [0.15, 0.2) is 24.3 Å². The molecule has 0 unspecified atom stereocenters. The molecule has 0 aliphatic carbocycles. The fourth-order valence-corrected chi connectivity index (χ4v) is 1.82. The Bertz CT molecular complexity index is 681. The maximum atomic E-state index is 11.7. The van der Waals surface area contributed by atoms with E-state index in [0.29, 0.717) is 23.2 Å². The molecule has 2 aromatic rings. The smallest absolute Gasteiger partial charge is 0.323 e. The lowest BCUT2D eigenvalue weighted by atomic mass is 10.3. The molecule has 9 nitrogen and oxygen atoms in total. The number of halogens is 1. The number of nitrogens with zero attached hydrogens (tertiary/aromatic N) is 3. The third-order valence-corrected chi connectivity index (χ3v) is 2.94. The van der Waals surface area contributed by atoms with Gasteiger partial charge in [-0.3, -0.25) is 0 Å². The molecule has 128 valence electrons. The Kier molecular flexibility index (Phi) is 6.38. The summed E-state index contributed by atoms with van der Waals surface area (Å²) in [5.74, 6) is 0.401. The number of rotatable bonds is 7. The molecule has 1 aromatic carbocycles. The maximum Gasteiger partial charge on any atom is 0.323 e. The van der Waals surface area contributed by atoms with E-state index in [4.69, 9.17) is 22.1 Å². The zero-order chi connectivity index (χ0) is 17.4. The minimum atomic E-state index is -0.357. The number of carbonyl (C=O) groups excluding carboxylic acids is 1. The Balaban J connectivity index is 1.74. The highest BCUT2D eigenvalue weighted by molar-refractivity contribution is 6.30. The van der Waals surface area contributed by atoms with Crippen molar-refractivity contribution in [1.82, 2.24) is 20.3 Å². The molecule has 10 heteroatoms. The van der Waals surface area contributed by atoms with Gasteiger partial charge in [-0.2, -0.15) is 15.0 Å². The summed E-state index contributed by atoms with van der Waals surface area (Å²) < 4.78 is 5.35. The fraction of sp³-hybridized carbons (Fsp3) is 0.286. The van der Waals surface area contributed by atoms with Crippen molar-refractivity contribution in [3.63, 3.8) is 0 Å². The molecular weight excluding hydrogens is 334 g/mol. The second-order valence-corrected chi connectivity index (χ2v) is 5.00. The molecule has 0 atom stereocenters. The van der Waals surface area contributed by atoms with Crippen molar-refractivity contribution in [1.29, 1.82) is 0 Å². The van der Waals surface area contributed by atoms with Crippen molar-refractivity contribution in [2.75, 3.05) is 36.1 Å². The van der Waals surface area contributed by atoms with Gasteiger partial charge in [0.15, 0.2) is 0 Å². The topological polar surface area (TPSA) is 127 Å². The monoisotopic (exact) mass is 351 g/mol. The zero-order valence-corrected chi connectivity index (χ0v) is 13.8. The number of hydrogen-bond acceptors (Lipinski definition) is 7. The number of nitrogens with two attached hydrogens (primary N) is 1. The lowest BCUT2D eigenvalue weighted by molar-refractivity contribution is 0.245.